The highest BCUT2D eigenvalue weighted by Crippen LogP contribution is 2.71. The highest BCUT2D eigenvalue weighted by Gasteiger charge is 2.45. The first-order valence-corrected chi connectivity index (χ1v) is 18.5. The number of hydrogen-bond acceptors (Lipinski definition) is 0. The predicted octanol–water partition coefficient (Wildman–Crippen LogP) is 11.8. The first-order valence-electron chi connectivity index (χ1n) is 16.1. The van der Waals surface area contributed by atoms with Gasteiger partial charge in [-0.15, -0.1) is 0 Å². The van der Waals surface area contributed by atoms with Crippen LogP contribution in [0.4, 0.5) is 0 Å². The fourth-order valence-corrected chi connectivity index (χ4v) is 13.6. The van der Waals surface area contributed by atoms with Gasteiger partial charge in [0.05, 0.1) is 0 Å². The first-order chi connectivity index (χ1) is 19.0. The van der Waals surface area contributed by atoms with Gasteiger partial charge in [-0.2, -0.15) is 0 Å². The zero-order valence-electron chi connectivity index (χ0n) is 28.5. The van der Waals surface area contributed by atoms with Gasteiger partial charge >= 0.3 is 0 Å². The standard InChI is InChI=1S/C40H56S/c1-14-18-41(13,38-27(5)25(3)26(4)28(38)6)37-24(2)19-34-35(37)22-29-16-15-17-33(29)36(34)30-20-31(39(7,8)9)23-32(21-30)40(10,11)12/h19-23,37-38H,14-18H2,1-13H3. The van der Waals surface area contributed by atoms with E-state index in [-0.39, 0.29) is 10.8 Å². The average molecular weight is 569 g/mol. The molecule has 0 N–H and O–H groups in total. The van der Waals surface area contributed by atoms with E-state index >= 15 is 0 Å². The van der Waals surface area contributed by atoms with E-state index in [4.69, 9.17) is 0 Å². The summed E-state index contributed by atoms with van der Waals surface area (Å²) in [5.74, 6) is 1.32. The second kappa shape index (κ2) is 10.3. The molecule has 41 heavy (non-hydrogen) atoms. The molecule has 2 atom stereocenters. The summed E-state index contributed by atoms with van der Waals surface area (Å²) < 4.78 is 0. The van der Waals surface area contributed by atoms with E-state index in [1.54, 1.807) is 55.7 Å². The predicted molar refractivity (Wildman–Crippen MR) is 187 cm³/mol. The lowest BCUT2D eigenvalue weighted by atomic mass is 9.77. The zero-order valence-corrected chi connectivity index (χ0v) is 29.3. The van der Waals surface area contributed by atoms with E-state index in [9.17, 15) is 0 Å². The van der Waals surface area contributed by atoms with Gasteiger partial charge in [0.1, 0.15) is 0 Å². The van der Waals surface area contributed by atoms with Gasteiger partial charge in [-0.05, 0) is 139 Å². The lowest BCUT2D eigenvalue weighted by molar-refractivity contribution is 0.569. The summed E-state index contributed by atoms with van der Waals surface area (Å²) in [4.78, 5) is 0. The fourth-order valence-electron chi connectivity index (χ4n) is 8.32. The van der Waals surface area contributed by atoms with Crippen molar-refractivity contribution >= 4 is 16.1 Å². The molecule has 0 fully saturated rings. The van der Waals surface area contributed by atoms with Crippen molar-refractivity contribution in [2.24, 2.45) is 0 Å². The van der Waals surface area contributed by atoms with E-state index in [0.717, 1.165) is 0 Å². The van der Waals surface area contributed by atoms with Crippen molar-refractivity contribution in [2.45, 2.75) is 130 Å². The molecule has 0 spiro atoms. The summed E-state index contributed by atoms with van der Waals surface area (Å²) in [6.45, 7) is 28.7. The topological polar surface area (TPSA) is 0 Å². The molecule has 0 heterocycles. The maximum Gasteiger partial charge on any atom is 0.0363 e. The summed E-state index contributed by atoms with van der Waals surface area (Å²) in [5.41, 5.74) is 20.6. The molecule has 0 saturated carbocycles. The van der Waals surface area contributed by atoms with Gasteiger partial charge in [-0.3, -0.25) is 0 Å². The molecule has 3 aliphatic carbocycles. The highest BCUT2D eigenvalue weighted by atomic mass is 32.3. The van der Waals surface area contributed by atoms with E-state index in [2.05, 4.69) is 120 Å². The highest BCUT2D eigenvalue weighted by molar-refractivity contribution is 8.34. The normalized spacial score (nSPS) is 21.8. The van der Waals surface area contributed by atoms with Crippen LogP contribution >= 0.6 is 10.0 Å². The monoisotopic (exact) mass is 568 g/mol. The molecule has 0 nitrogen and oxygen atoms in total. The van der Waals surface area contributed by atoms with Crippen LogP contribution in [0.1, 0.15) is 135 Å². The SMILES string of the molecule is CCCS(C)(C1C(C)=C(C)C(C)=C1C)C1C(C)=Cc2c1cc1c(c2-c2cc(C(C)(C)C)cc(C(C)(C)C)c2)CCC1. The Morgan fingerprint density at radius 2 is 1.32 bits per heavy atom. The average Bonchev–Trinajstić information content (AvgIpc) is 3.52. The van der Waals surface area contributed by atoms with E-state index in [1.807, 2.05) is 0 Å². The van der Waals surface area contributed by atoms with Gasteiger partial charge in [0, 0.05) is 10.5 Å². The summed E-state index contributed by atoms with van der Waals surface area (Å²) in [6, 6.07) is 10.3. The first kappa shape index (κ1) is 30.5. The van der Waals surface area contributed by atoms with Crippen molar-refractivity contribution in [3.05, 3.63) is 85.5 Å². The Hall–Kier alpha value is -1.99. The Balaban J connectivity index is 1.79. The molecule has 2 unspecified atom stereocenters. The minimum Gasteiger partial charge on any atom is -0.223 e. The molecule has 1 heteroatoms. The largest absolute Gasteiger partial charge is 0.223 e. The number of fused-ring (bicyclic) bond motifs is 2. The maximum atomic E-state index is 2.71. The fraction of sp³-hybridized carbons (Fsp3) is 0.550. The van der Waals surface area contributed by atoms with Crippen molar-refractivity contribution < 1.29 is 0 Å². The van der Waals surface area contributed by atoms with Gasteiger partial charge in [0.15, 0.2) is 0 Å². The van der Waals surface area contributed by atoms with Crippen molar-refractivity contribution in [3.8, 4) is 11.1 Å². The molecule has 0 radical (unpaired) electrons. The van der Waals surface area contributed by atoms with E-state index < -0.39 is 10.0 Å². The Labute approximate surface area is 254 Å². The molecular weight excluding hydrogens is 513 g/mol. The minimum atomic E-state index is -1.04. The second-order valence-electron chi connectivity index (χ2n) is 15.7. The van der Waals surface area contributed by atoms with Crippen LogP contribution in [0.2, 0.25) is 0 Å². The molecule has 0 aromatic heterocycles. The van der Waals surface area contributed by atoms with Crippen molar-refractivity contribution in [2.75, 3.05) is 12.0 Å². The van der Waals surface area contributed by atoms with Gasteiger partial charge in [0.2, 0.25) is 0 Å². The molecule has 5 rings (SSSR count). The van der Waals surface area contributed by atoms with Crippen LogP contribution in [0.3, 0.4) is 0 Å². The minimum absolute atomic E-state index is 0.112. The summed E-state index contributed by atoms with van der Waals surface area (Å²) in [7, 11) is -1.04. The molecule has 0 bridgehead atoms. The van der Waals surface area contributed by atoms with Crippen LogP contribution in [0, 0.1) is 0 Å². The van der Waals surface area contributed by atoms with Gasteiger partial charge in [-0.1, -0.05) is 95.5 Å². The number of rotatable bonds is 5. The Kier molecular flexibility index (Phi) is 7.67. The summed E-state index contributed by atoms with van der Waals surface area (Å²) in [5, 5.41) is 1.12. The number of benzene rings is 2. The van der Waals surface area contributed by atoms with Crippen LogP contribution < -0.4 is 0 Å². The molecule has 0 aliphatic heterocycles. The Morgan fingerprint density at radius 3 is 1.83 bits per heavy atom. The van der Waals surface area contributed by atoms with Crippen LogP contribution in [0.25, 0.3) is 17.2 Å². The lowest BCUT2D eigenvalue weighted by Gasteiger charge is -2.49. The van der Waals surface area contributed by atoms with Crippen LogP contribution in [-0.4, -0.2) is 17.3 Å². The molecular formula is C40H56S. The van der Waals surface area contributed by atoms with E-state index in [1.165, 1.54) is 48.1 Å². The number of hydrogen-bond donors (Lipinski definition) is 0. The molecule has 0 amide bonds. The third-order valence-electron chi connectivity index (χ3n) is 10.7. The lowest BCUT2D eigenvalue weighted by Crippen LogP contribution is -2.27. The van der Waals surface area contributed by atoms with Crippen molar-refractivity contribution in [1.29, 1.82) is 0 Å². The molecule has 2 aromatic rings. The summed E-state index contributed by atoms with van der Waals surface area (Å²) in [6.07, 6.45) is 10.3. The quantitative estimate of drug-likeness (QED) is 0.336. The smallest absolute Gasteiger partial charge is 0.0363 e. The zero-order chi connectivity index (χ0) is 30.2. The molecule has 3 aliphatic rings. The molecule has 2 aromatic carbocycles. The van der Waals surface area contributed by atoms with Gasteiger partial charge in [-0.25, -0.2) is 10.0 Å². The van der Waals surface area contributed by atoms with Crippen molar-refractivity contribution in [1.82, 2.24) is 0 Å². The van der Waals surface area contributed by atoms with E-state index in [0.29, 0.717) is 10.5 Å². The van der Waals surface area contributed by atoms with Crippen molar-refractivity contribution in [3.63, 3.8) is 0 Å². The second-order valence-corrected chi connectivity index (χ2v) is 19.6. The maximum absolute atomic E-state index is 2.71. The Bertz CT molecular complexity index is 1440. The van der Waals surface area contributed by atoms with Crippen LogP contribution in [0.15, 0.2) is 52.1 Å². The number of aryl methyl sites for hydroxylation is 1. The van der Waals surface area contributed by atoms with Gasteiger partial charge in [0.25, 0.3) is 0 Å². The Morgan fingerprint density at radius 1 is 0.756 bits per heavy atom. The molecule has 0 saturated heterocycles. The number of allylic oxidation sites excluding steroid dienone is 2. The third kappa shape index (κ3) is 4.93. The van der Waals surface area contributed by atoms with Gasteiger partial charge < -0.3 is 0 Å². The van der Waals surface area contributed by atoms with Crippen LogP contribution in [0.5, 0.6) is 0 Å². The van der Waals surface area contributed by atoms with Crippen LogP contribution in [-0.2, 0) is 23.7 Å². The summed E-state index contributed by atoms with van der Waals surface area (Å²) >= 11 is 0. The third-order valence-corrected chi connectivity index (χ3v) is 15.5. The molecule has 222 valence electrons.